The summed E-state index contributed by atoms with van der Waals surface area (Å²) in [7, 11) is 0. The van der Waals surface area contributed by atoms with Gasteiger partial charge in [-0.3, -0.25) is 10.1 Å². The van der Waals surface area contributed by atoms with Crippen LogP contribution in [0.15, 0.2) is 22.7 Å². The number of rotatable bonds is 1. The van der Waals surface area contributed by atoms with Crippen molar-refractivity contribution in [3.63, 3.8) is 0 Å². The summed E-state index contributed by atoms with van der Waals surface area (Å²) < 4.78 is 0.691. The van der Waals surface area contributed by atoms with Gasteiger partial charge in [-0.25, -0.2) is 0 Å². The maximum atomic E-state index is 10.3. The number of nitro groups is 1. The van der Waals surface area contributed by atoms with Gasteiger partial charge in [0.25, 0.3) is 5.69 Å². The Kier molecular flexibility index (Phi) is 5.01. The SMILES string of the molecule is [CH2]c1ccc(Br)cc1[N+](=O)[O-].[NaH]. The zero-order valence-corrected chi connectivity index (χ0v) is 7.17. The van der Waals surface area contributed by atoms with Crippen LogP contribution >= 0.6 is 15.9 Å². The Labute approximate surface area is 101 Å². The molecule has 0 aliphatic carbocycles. The number of nitro benzene ring substituents is 1. The van der Waals surface area contributed by atoms with E-state index in [2.05, 4.69) is 22.9 Å². The average Bonchev–Trinajstić information content (AvgIpc) is 1.94. The van der Waals surface area contributed by atoms with Gasteiger partial charge in [-0.15, -0.1) is 0 Å². The van der Waals surface area contributed by atoms with Crippen molar-refractivity contribution in [2.24, 2.45) is 0 Å². The number of benzene rings is 1. The third-order valence-electron chi connectivity index (χ3n) is 1.24. The summed E-state index contributed by atoms with van der Waals surface area (Å²) in [5.41, 5.74) is 0.470. The molecule has 0 atom stereocenters. The summed E-state index contributed by atoms with van der Waals surface area (Å²) in [6.07, 6.45) is 0. The van der Waals surface area contributed by atoms with Crippen LogP contribution in [-0.2, 0) is 0 Å². The molecule has 0 spiro atoms. The molecule has 0 fully saturated rings. The molecular weight excluding hydrogens is 233 g/mol. The van der Waals surface area contributed by atoms with E-state index in [1.807, 2.05) is 0 Å². The molecule has 0 saturated heterocycles. The molecule has 1 aromatic rings. The number of halogens is 1. The van der Waals surface area contributed by atoms with Crippen LogP contribution in [0.5, 0.6) is 0 Å². The fraction of sp³-hybridized carbons (Fsp3) is 0. The predicted octanol–water partition coefficient (Wildman–Crippen LogP) is 1.89. The van der Waals surface area contributed by atoms with E-state index in [4.69, 9.17) is 0 Å². The van der Waals surface area contributed by atoms with Crippen molar-refractivity contribution in [2.45, 2.75) is 0 Å². The Morgan fingerprint density at radius 1 is 1.50 bits per heavy atom. The first-order valence-electron chi connectivity index (χ1n) is 2.87. The fourth-order valence-corrected chi connectivity index (χ4v) is 1.06. The van der Waals surface area contributed by atoms with E-state index >= 15 is 0 Å². The average molecular weight is 239 g/mol. The molecule has 0 heterocycles. The molecule has 5 heteroatoms. The van der Waals surface area contributed by atoms with E-state index in [-0.39, 0.29) is 35.2 Å². The van der Waals surface area contributed by atoms with E-state index in [9.17, 15) is 10.1 Å². The fourth-order valence-electron chi connectivity index (χ4n) is 0.707. The molecule has 0 unspecified atom stereocenters. The van der Waals surface area contributed by atoms with E-state index in [0.717, 1.165) is 0 Å². The van der Waals surface area contributed by atoms with Gasteiger partial charge in [-0.2, -0.15) is 0 Å². The molecule has 12 heavy (non-hydrogen) atoms. The van der Waals surface area contributed by atoms with E-state index in [0.29, 0.717) is 10.0 Å². The second-order valence-corrected chi connectivity index (χ2v) is 2.95. The van der Waals surface area contributed by atoms with Gasteiger partial charge in [-0.1, -0.05) is 22.0 Å². The van der Waals surface area contributed by atoms with Crippen molar-refractivity contribution in [1.29, 1.82) is 0 Å². The molecule has 3 nitrogen and oxygen atoms in total. The van der Waals surface area contributed by atoms with Gasteiger partial charge >= 0.3 is 29.6 Å². The zero-order chi connectivity index (χ0) is 8.43. The quantitative estimate of drug-likeness (QED) is 0.426. The van der Waals surface area contributed by atoms with Crippen LogP contribution in [0.4, 0.5) is 5.69 Å². The van der Waals surface area contributed by atoms with Crippen molar-refractivity contribution in [3.8, 4) is 0 Å². The molecule has 0 amide bonds. The molecule has 0 bridgehead atoms. The Balaban J connectivity index is 0.00000121. The maximum absolute atomic E-state index is 10.3. The molecule has 1 radical (unpaired) electrons. The molecule has 0 aromatic heterocycles. The van der Waals surface area contributed by atoms with E-state index < -0.39 is 4.92 Å². The second-order valence-electron chi connectivity index (χ2n) is 2.03. The molecule has 0 saturated carbocycles. The van der Waals surface area contributed by atoms with Gasteiger partial charge in [0.05, 0.1) is 4.92 Å². The van der Waals surface area contributed by atoms with Crippen molar-refractivity contribution >= 4 is 51.2 Å². The molecular formula is C7H6BrNNaO2. The Morgan fingerprint density at radius 2 is 2.08 bits per heavy atom. The van der Waals surface area contributed by atoms with Crippen LogP contribution in [0.3, 0.4) is 0 Å². The van der Waals surface area contributed by atoms with Crippen LogP contribution in [0.25, 0.3) is 0 Å². The first-order chi connectivity index (χ1) is 5.11. The summed E-state index contributed by atoms with van der Waals surface area (Å²) in [5, 5.41) is 10.3. The summed E-state index contributed by atoms with van der Waals surface area (Å²) in [5.74, 6) is 0. The predicted molar refractivity (Wildman–Crippen MR) is 52.4 cm³/mol. The number of nitrogens with zero attached hydrogens (tertiary/aromatic N) is 1. The van der Waals surface area contributed by atoms with Crippen LogP contribution in [-0.4, -0.2) is 34.5 Å². The van der Waals surface area contributed by atoms with Crippen LogP contribution in [0.1, 0.15) is 5.56 Å². The minimum atomic E-state index is -0.451. The van der Waals surface area contributed by atoms with Gasteiger partial charge in [0.1, 0.15) is 0 Å². The van der Waals surface area contributed by atoms with E-state index in [1.54, 1.807) is 12.1 Å². The van der Waals surface area contributed by atoms with Crippen molar-refractivity contribution in [2.75, 3.05) is 0 Å². The number of hydrogen-bond acceptors (Lipinski definition) is 2. The zero-order valence-electron chi connectivity index (χ0n) is 5.58. The van der Waals surface area contributed by atoms with Gasteiger partial charge in [0.2, 0.25) is 0 Å². The monoisotopic (exact) mass is 238 g/mol. The van der Waals surface area contributed by atoms with Gasteiger partial charge in [0, 0.05) is 16.1 Å². The summed E-state index contributed by atoms with van der Waals surface area (Å²) in [6, 6.07) is 4.75. The molecule has 1 aromatic carbocycles. The van der Waals surface area contributed by atoms with Gasteiger partial charge in [-0.05, 0) is 13.0 Å². The molecule has 0 N–H and O–H groups in total. The van der Waals surface area contributed by atoms with Crippen molar-refractivity contribution in [1.82, 2.24) is 0 Å². The molecule has 0 aliphatic rings. The molecule has 0 aliphatic heterocycles. The van der Waals surface area contributed by atoms with Gasteiger partial charge < -0.3 is 0 Å². The summed E-state index contributed by atoms with van der Waals surface area (Å²) in [6.45, 7) is 3.52. The first kappa shape index (κ1) is 12.1. The van der Waals surface area contributed by atoms with E-state index in [1.165, 1.54) is 6.07 Å². The second kappa shape index (κ2) is 4.97. The molecule has 1 rings (SSSR count). The Morgan fingerprint density at radius 3 is 2.50 bits per heavy atom. The third kappa shape index (κ3) is 2.86. The first-order valence-corrected chi connectivity index (χ1v) is 3.66. The molecule has 59 valence electrons. The standard InChI is InChI=1S/C7H5BrNO2.Na.H/c1-5-2-3-6(8)4-7(5)9(10)11;;/h2-4H,1H2;;. The van der Waals surface area contributed by atoms with Crippen molar-refractivity contribution < 1.29 is 4.92 Å². The minimum absolute atomic E-state index is 0. The van der Waals surface area contributed by atoms with Crippen LogP contribution in [0.2, 0.25) is 0 Å². The summed E-state index contributed by atoms with van der Waals surface area (Å²) in [4.78, 5) is 9.87. The van der Waals surface area contributed by atoms with Crippen LogP contribution < -0.4 is 0 Å². The number of hydrogen-bond donors (Lipinski definition) is 0. The normalized spacial score (nSPS) is 8.83. The summed E-state index contributed by atoms with van der Waals surface area (Å²) >= 11 is 3.13. The topological polar surface area (TPSA) is 43.1 Å². The van der Waals surface area contributed by atoms with Crippen molar-refractivity contribution in [3.05, 3.63) is 45.3 Å². The third-order valence-corrected chi connectivity index (χ3v) is 1.74. The Hall–Kier alpha value is 0.100. The Bertz CT molecular complexity index is 303. The van der Waals surface area contributed by atoms with Crippen LogP contribution in [0, 0.1) is 17.0 Å². The van der Waals surface area contributed by atoms with Gasteiger partial charge in [0.15, 0.2) is 0 Å².